The fourth-order valence-electron chi connectivity index (χ4n) is 1.48. The molecule has 0 aliphatic rings. The Morgan fingerprint density at radius 1 is 1.09 bits per heavy atom. The number of rotatable bonds is 9. The van der Waals surface area contributed by atoms with Crippen molar-refractivity contribution < 1.29 is 39.5 Å². The van der Waals surface area contributed by atoms with Crippen molar-refractivity contribution in [1.29, 1.82) is 0 Å². The second-order valence-corrected chi connectivity index (χ2v) is 4.85. The molecule has 0 aliphatic heterocycles. The zero-order valence-electron chi connectivity index (χ0n) is 12.2. The van der Waals surface area contributed by atoms with E-state index in [0.29, 0.717) is 0 Å². The van der Waals surface area contributed by atoms with Gasteiger partial charge in [0.1, 0.15) is 24.3 Å². The molecule has 8 N–H and O–H groups in total. The zero-order chi connectivity index (χ0) is 17.6. The molecule has 0 spiro atoms. The van der Waals surface area contributed by atoms with Gasteiger partial charge in [-0.25, -0.2) is 0 Å². The second kappa shape index (κ2) is 8.88. The number of aliphatic hydroxyl groups is 4. The van der Waals surface area contributed by atoms with Crippen LogP contribution in [0, 0.1) is 0 Å². The molecule has 128 valence electrons. The average Bonchev–Trinajstić information content (AvgIpc) is 2.48. The molecule has 10 nitrogen and oxygen atoms in total. The average molecular weight is 322 g/mol. The molecule has 0 heterocycles. The molecule has 0 saturated heterocycles. The number of nitrogens with two attached hydrogens (primary N) is 2. The minimum Gasteiger partial charge on any atom is -0.456 e. The van der Waals surface area contributed by atoms with Crippen molar-refractivity contribution in [3.05, 3.63) is 0 Å². The quantitative estimate of drug-likeness (QED) is 0.179. The van der Waals surface area contributed by atoms with Crippen molar-refractivity contribution in [2.75, 3.05) is 6.61 Å². The predicted octanol–water partition coefficient (Wildman–Crippen LogP) is -4.19. The Morgan fingerprint density at radius 2 is 1.59 bits per heavy atom. The molecule has 0 aromatic rings. The van der Waals surface area contributed by atoms with E-state index in [1.165, 1.54) is 6.92 Å². The van der Waals surface area contributed by atoms with Gasteiger partial charge in [-0.1, -0.05) is 0 Å². The molecule has 0 fully saturated rings. The van der Waals surface area contributed by atoms with Crippen LogP contribution in [0.4, 0.5) is 0 Å². The van der Waals surface area contributed by atoms with Gasteiger partial charge in [0.2, 0.25) is 5.78 Å². The Labute approximate surface area is 126 Å². The van der Waals surface area contributed by atoms with Crippen LogP contribution in [0.1, 0.15) is 13.8 Å². The van der Waals surface area contributed by atoms with Crippen LogP contribution < -0.4 is 11.5 Å². The highest BCUT2D eigenvalue weighted by atomic mass is 16.6. The van der Waals surface area contributed by atoms with Crippen molar-refractivity contribution >= 4 is 17.5 Å². The number of hydrogen-bond acceptors (Lipinski definition) is 10. The van der Waals surface area contributed by atoms with E-state index in [1.807, 2.05) is 0 Å². The van der Waals surface area contributed by atoms with E-state index in [9.17, 15) is 29.7 Å². The van der Waals surface area contributed by atoms with Gasteiger partial charge in [-0.05, 0) is 6.92 Å². The maximum atomic E-state index is 11.7. The van der Waals surface area contributed by atoms with Crippen LogP contribution in [0.5, 0.6) is 0 Å². The lowest BCUT2D eigenvalue weighted by atomic mass is 9.96. The smallest absolute Gasteiger partial charge is 0.326 e. The van der Waals surface area contributed by atoms with E-state index in [4.69, 9.17) is 21.3 Å². The van der Waals surface area contributed by atoms with Gasteiger partial charge in [0, 0.05) is 6.92 Å². The maximum absolute atomic E-state index is 11.7. The molecule has 0 unspecified atom stereocenters. The van der Waals surface area contributed by atoms with Gasteiger partial charge in [0.05, 0.1) is 12.7 Å². The van der Waals surface area contributed by atoms with Gasteiger partial charge in [0.15, 0.2) is 11.9 Å². The number of Topliss-reactive ketones (excluding diaryl/α,β-unsaturated/α-hetero) is 2. The molecular formula is C12H22N2O8. The Kier molecular flexibility index (Phi) is 8.30. The topological polar surface area (TPSA) is 193 Å². The lowest BCUT2D eigenvalue weighted by Crippen LogP contribution is -2.57. The number of carbonyl (C=O) groups is 3. The molecule has 0 aromatic heterocycles. The number of carbonyl (C=O) groups excluding carboxylic acids is 3. The third-order valence-corrected chi connectivity index (χ3v) is 2.97. The van der Waals surface area contributed by atoms with E-state index in [2.05, 4.69) is 0 Å². The highest BCUT2D eigenvalue weighted by Crippen LogP contribution is 2.11. The molecular weight excluding hydrogens is 300 g/mol. The van der Waals surface area contributed by atoms with Gasteiger partial charge in [-0.2, -0.15) is 0 Å². The van der Waals surface area contributed by atoms with E-state index in [1.54, 1.807) is 0 Å². The fraction of sp³-hybridized carbons (Fsp3) is 0.750. The minimum atomic E-state index is -1.94. The first-order chi connectivity index (χ1) is 10.0. The van der Waals surface area contributed by atoms with Gasteiger partial charge >= 0.3 is 5.97 Å². The first-order valence-electron chi connectivity index (χ1n) is 6.46. The summed E-state index contributed by atoms with van der Waals surface area (Å²) >= 11 is 0. The largest absolute Gasteiger partial charge is 0.456 e. The maximum Gasteiger partial charge on any atom is 0.326 e. The number of ether oxygens (including phenoxy) is 1. The fourth-order valence-corrected chi connectivity index (χ4v) is 1.48. The molecule has 0 amide bonds. The zero-order valence-corrected chi connectivity index (χ0v) is 12.2. The number of hydrogen-bond donors (Lipinski definition) is 6. The lowest BCUT2D eigenvalue weighted by Gasteiger charge is -2.30. The van der Waals surface area contributed by atoms with Crippen molar-refractivity contribution in [2.24, 2.45) is 11.5 Å². The van der Waals surface area contributed by atoms with Gasteiger partial charge in [-0.15, -0.1) is 0 Å². The summed E-state index contributed by atoms with van der Waals surface area (Å²) in [5.74, 6) is -3.29. The minimum absolute atomic E-state index is 0.904. The van der Waals surface area contributed by atoms with E-state index in [0.717, 1.165) is 6.92 Å². The van der Waals surface area contributed by atoms with E-state index < -0.39 is 60.6 Å². The van der Waals surface area contributed by atoms with Crippen LogP contribution in [0.3, 0.4) is 0 Å². The summed E-state index contributed by atoms with van der Waals surface area (Å²) in [4.78, 5) is 34.3. The van der Waals surface area contributed by atoms with Crippen molar-refractivity contribution in [3.63, 3.8) is 0 Å². The van der Waals surface area contributed by atoms with Crippen LogP contribution in [0.2, 0.25) is 0 Å². The molecule has 0 bridgehead atoms. The SMILES string of the molecule is CC(=O)C(=O)[C@H](N)[C@@H](OC(=O)[C@@H](N)[C@@H](C)O)[C@@H](O)[C@H](O)CO. The Balaban J connectivity index is 5.30. The summed E-state index contributed by atoms with van der Waals surface area (Å²) in [6.45, 7) is 1.23. The second-order valence-electron chi connectivity index (χ2n) is 4.85. The molecule has 0 radical (unpaired) electrons. The predicted molar refractivity (Wildman–Crippen MR) is 72.3 cm³/mol. The third kappa shape index (κ3) is 5.40. The Morgan fingerprint density at radius 3 is 1.95 bits per heavy atom. The van der Waals surface area contributed by atoms with E-state index >= 15 is 0 Å². The van der Waals surface area contributed by atoms with Crippen LogP contribution >= 0.6 is 0 Å². The number of aliphatic hydroxyl groups excluding tert-OH is 4. The Hall–Kier alpha value is -1.43. The van der Waals surface area contributed by atoms with Crippen LogP contribution in [0.15, 0.2) is 0 Å². The third-order valence-electron chi connectivity index (χ3n) is 2.97. The number of ketones is 2. The molecule has 10 heteroatoms. The Bertz CT molecular complexity index is 414. The molecule has 0 saturated carbocycles. The summed E-state index contributed by atoms with van der Waals surface area (Å²) in [6, 6.07) is -3.25. The summed E-state index contributed by atoms with van der Waals surface area (Å²) < 4.78 is 4.75. The van der Waals surface area contributed by atoms with Crippen LogP contribution in [-0.2, 0) is 19.1 Å². The molecule has 6 atom stereocenters. The molecule has 0 aromatic carbocycles. The van der Waals surface area contributed by atoms with Crippen molar-refractivity contribution in [1.82, 2.24) is 0 Å². The van der Waals surface area contributed by atoms with Gasteiger partial charge in [-0.3, -0.25) is 14.4 Å². The summed E-state index contributed by atoms with van der Waals surface area (Å²) in [5, 5.41) is 37.2. The van der Waals surface area contributed by atoms with Crippen molar-refractivity contribution in [3.8, 4) is 0 Å². The summed E-state index contributed by atoms with van der Waals surface area (Å²) in [7, 11) is 0. The molecule has 0 rings (SSSR count). The highest BCUT2D eigenvalue weighted by molar-refractivity contribution is 6.38. The standard InChI is InChI=1S/C12H22N2O8/c1-4(16)7(13)12(21)22-11(10(20)6(18)3-15)8(14)9(19)5(2)17/h4,6-8,10-11,15-16,18,20H,3,13-14H2,1-2H3/t4-,6-,7+,8+,10+,11-/m1/s1. The van der Waals surface area contributed by atoms with Gasteiger partial charge < -0.3 is 36.6 Å². The molecule has 22 heavy (non-hydrogen) atoms. The summed E-state index contributed by atoms with van der Waals surface area (Å²) in [5.41, 5.74) is 10.8. The van der Waals surface area contributed by atoms with Crippen LogP contribution in [0.25, 0.3) is 0 Å². The molecule has 0 aliphatic carbocycles. The normalized spacial score (nSPS) is 19.5. The van der Waals surface area contributed by atoms with E-state index in [-0.39, 0.29) is 0 Å². The van der Waals surface area contributed by atoms with Crippen molar-refractivity contribution in [2.45, 2.75) is 50.3 Å². The van der Waals surface area contributed by atoms with Crippen LogP contribution in [-0.4, -0.2) is 81.1 Å². The first-order valence-corrected chi connectivity index (χ1v) is 6.46. The summed E-state index contributed by atoms with van der Waals surface area (Å²) in [6.07, 6.45) is -6.82. The highest BCUT2D eigenvalue weighted by Gasteiger charge is 2.40. The first kappa shape index (κ1) is 20.6. The monoisotopic (exact) mass is 322 g/mol. The lowest BCUT2D eigenvalue weighted by molar-refractivity contribution is -0.169. The number of esters is 1. The van der Waals surface area contributed by atoms with Gasteiger partial charge in [0.25, 0.3) is 0 Å².